The molecule has 3 N–H and O–H groups in total. The molecule has 0 saturated carbocycles. The number of anilines is 3. The molecular weight excluding hydrogens is 241 g/mol. The fourth-order valence-electron chi connectivity index (χ4n) is 1.35. The van der Waals surface area contributed by atoms with Crippen molar-refractivity contribution >= 4 is 28.8 Å². The van der Waals surface area contributed by atoms with E-state index in [4.69, 9.17) is 17.3 Å². The molecule has 0 spiro atoms. The number of hydrogen-bond acceptors (Lipinski definition) is 3. The maximum atomic E-state index is 13.5. The molecule has 0 fully saturated rings. The number of nitrogens with one attached hydrogen (secondary N) is 1. The van der Waals surface area contributed by atoms with E-state index in [0.29, 0.717) is 16.5 Å². The van der Waals surface area contributed by atoms with Crippen LogP contribution in [-0.4, -0.2) is 4.98 Å². The minimum Gasteiger partial charge on any atom is -0.398 e. The van der Waals surface area contributed by atoms with Gasteiger partial charge in [0.2, 0.25) is 0 Å². The lowest BCUT2D eigenvalue weighted by Gasteiger charge is -2.09. The topological polar surface area (TPSA) is 50.9 Å². The van der Waals surface area contributed by atoms with E-state index >= 15 is 0 Å². The van der Waals surface area contributed by atoms with E-state index in [-0.39, 0.29) is 5.69 Å². The molecule has 0 saturated heterocycles. The third-order valence-corrected chi connectivity index (χ3v) is 2.68. The van der Waals surface area contributed by atoms with Crippen molar-refractivity contribution in [2.45, 2.75) is 6.92 Å². The summed E-state index contributed by atoms with van der Waals surface area (Å²) in [6.45, 7) is 1.85. The van der Waals surface area contributed by atoms with Gasteiger partial charge in [-0.3, -0.25) is 0 Å². The summed E-state index contributed by atoms with van der Waals surface area (Å²) < 4.78 is 13.5. The standard InChI is InChI=1S/C12H11ClFN3/c1-7-6-16-11(5-10(7)15)17-12-8(13)3-2-4-9(12)14/h2-6H,1H3,(H3,15,16,17). The second kappa shape index (κ2) is 4.59. The van der Waals surface area contributed by atoms with Gasteiger partial charge < -0.3 is 11.1 Å². The molecular formula is C12H11ClFN3. The highest BCUT2D eigenvalue weighted by Gasteiger charge is 2.08. The Kier molecular flexibility index (Phi) is 3.15. The zero-order valence-electron chi connectivity index (χ0n) is 9.17. The molecule has 0 aliphatic carbocycles. The van der Waals surface area contributed by atoms with Crippen molar-refractivity contribution < 1.29 is 4.39 Å². The molecule has 0 bridgehead atoms. The molecule has 88 valence electrons. The van der Waals surface area contributed by atoms with Gasteiger partial charge in [-0.25, -0.2) is 9.37 Å². The van der Waals surface area contributed by atoms with Crippen LogP contribution in [0.2, 0.25) is 5.02 Å². The lowest BCUT2D eigenvalue weighted by atomic mass is 10.2. The Morgan fingerprint density at radius 2 is 2.18 bits per heavy atom. The normalized spacial score (nSPS) is 10.3. The predicted molar refractivity (Wildman–Crippen MR) is 68.1 cm³/mol. The summed E-state index contributed by atoms with van der Waals surface area (Å²) in [5, 5.41) is 3.11. The molecule has 0 aliphatic rings. The van der Waals surface area contributed by atoms with Crippen LogP contribution in [0, 0.1) is 12.7 Å². The van der Waals surface area contributed by atoms with Crippen LogP contribution in [0.25, 0.3) is 0 Å². The molecule has 0 aliphatic heterocycles. The van der Waals surface area contributed by atoms with Crippen molar-refractivity contribution in [1.29, 1.82) is 0 Å². The number of nitrogen functional groups attached to an aromatic ring is 1. The van der Waals surface area contributed by atoms with Crippen LogP contribution < -0.4 is 11.1 Å². The maximum Gasteiger partial charge on any atom is 0.148 e. The minimum atomic E-state index is -0.432. The van der Waals surface area contributed by atoms with Crippen LogP contribution in [-0.2, 0) is 0 Å². The fourth-order valence-corrected chi connectivity index (χ4v) is 1.56. The highest BCUT2D eigenvalue weighted by molar-refractivity contribution is 6.33. The number of nitrogens with two attached hydrogens (primary N) is 1. The van der Waals surface area contributed by atoms with Gasteiger partial charge in [0.05, 0.1) is 10.7 Å². The molecule has 0 amide bonds. The summed E-state index contributed by atoms with van der Waals surface area (Å²) >= 11 is 5.89. The van der Waals surface area contributed by atoms with E-state index in [2.05, 4.69) is 10.3 Å². The number of rotatable bonds is 2. The van der Waals surface area contributed by atoms with Crippen molar-refractivity contribution in [3.05, 3.63) is 46.9 Å². The van der Waals surface area contributed by atoms with Crippen LogP contribution in [0.3, 0.4) is 0 Å². The highest BCUT2D eigenvalue weighted by Crippen LogP contribution is 2.28. The Morgan fingerprint density at radius 3 is 2.82 bits per heavy atom. The minimum absolute atomic E-state index is 0.199. The van der Waals surface area contributed by atoms with Crippen LogP contribution >= 0.6 is 11.6 Å². The molecule has 2 aromatic rings. The Balaban J connectivity index is 2.35. The molecule has 0 unspecified atom stereocenters. The zero-order chi connectivity index (χ0) is 12.4. The Bertz CT molecular complexity index is 537. The lowest BCUT2D eigenvalue weighted by Crippen LogP contribution is -1.99. The first-order valence-electron chi connectivity index (χ1n) is 5.01. The largest absolute Gasteiger partial charge is 0.398 e. The Morgan fingerprint density at radius 1 is 1.41 bits per heavy atom. The van der Waals surface area contributed by atoms with Crippen molar-refractivity contribution in [2.24, 2.45) is 0 Å². The number of aryl methyl sites for hydroxylation is 1. The van der Waals surface area contributed by atoms with Crippen molar-refractivity contribution in [3.63, 3.8) is 0 Å². The molecule has 2 rings (SSSR count). The van der Waals surface area contributed by atoms with E-state index in [1.165, 1.54) is 6.07 Å². The first-order valence-corrected chi connectivity index (χ1v) is 5.39. The maximum absolute atomic E-state index is 13.5. The van der Waals surface area contributed by atoms with E-state index in [1.54, 1.807) is 24.4 Å². The Labute approximate surface area is 103 Å². The first-order chi connectivity index (χ1) is 8.08. The number of nitrogens with zero attached hydrogens (tertiary/aromatic N) is 1. The van der Waals surface area contributed by atoms with Gasteiger partial charge in [-0.2, -0.15) is 0 Å². The molecule has 5 heteroatoms. The van der Waals surface area contributed by atoms with E-state index < -0.39 is 5.82 Å². The SMILES string of the molecule is Cc1cnc(Nc2c(F)cccc2Cl)cc1N. The van der Waals surface area contributed by atoms with Gasteiger partial charge in [0.25, 0.3) is 0 Å². The third kappa shape index (κ3) is 2.47. The van der Waals surface area contributed by atoms with Crippen molar-refractivity contribution in [1.82, 2.24) is 4.98 Å². The number of para-hydroxylation sites is 1. The van der Waals surface area contributed by atoms with Gasteiger partial charge in [0.1, 0.15) is 11.6 Å². The summed E-state index contributed by atoms with van der Waals surface area (Å²) in [6, 6.07) is 6.11. The highest BCUT2D eigenvalue weighted by atomic mass is 35.5. The van der Waals surface area contributed by atoms with Crippen molar-refractivity contribution in [2.75, 3.05) is 11.1 Å². The number of pyridine rings is 1. The summed E-state index contributed by atoms with van der Waals surface area (Å²) in [7, 11) is 0. The summed E-state index contributed by atoms with van der Waals surface area (Å²) in [5.74, 6) is 0.0264. The van der Waals surface area contributed by atoms with Gasteiger partial charge in [-0.15, -0.1) is 0 Å². The Hall–Kier alpha value is -1.81. The molecule has 1 aromatic heterocycles. The van der Waals surface area contributed by atoms with Crippen LogP contribution in [0.1, 0.15) is 5.56 Å². The van der Waals surface area contributed by atoms with Crippen LogP contribution in [0.5, 0.6) is 0 Å². The smallest absolute Gasteiger partial charge is 0.148 e. The number of halogens is 2. The average Bonchev–Trinajstić information content (AvgIpc) is 2.28. The second-order valence-electron chi connectivity index (χ2n) is 3.65. The van der Waals surface area contributed by atoms with Gasteiger partial charge in [0.15, 0.2) is 0 Å². The van der Waals surface area contributed by atoms with E-state index in [0.717, 1.165) is 5.56 Å². The summed E-state index contributed by atoms with van der Waals surface area (Å²) in [5.41, 5.74) is 7.41. The average molecular weight is 252 g/mol. The number of aromatic nitrogens is 1. The summed E-state index contributed by atoms with van der Waals surface area (Å²) in [4.78, 5) is 4.10. The second-order valence-corrected chi connectivity index (χ2v) is 4.05. The monoisotopic (exact) mass is 251 g/mol. The molecule has 3 nitrogen and oxygen atoms in total. The van der Waals surface area contributed by atoms with Gasteiger partial charge in [-0.05, 0) is 24.6 Å². The van der Waals surface area contributed by atoms with E-state index in [1.807, 2.05) is 6.92 Å². The summed E-state index contributed by atoms with van der Waals surface area (Å²) in [6.07, 6.45) is 1.62. The van der Waals surface area contributed by atoms with Gasteiger partial charge >= 0.3 is 0 Å². The molecule has 1 aromatic carbocycles. The van der Waals surface area contributed by atoms with Gasteiger partial charge in [0, 0.05) is 18.0 Å². The lowest BCUT2D eigenvalue weighted by molar-refractivity contribution is 0.632. The number of hydrogen-bond donors (Lipinski definition) is 2. The van der Waals surface area contributed by atoms with Crippen LogP contribution in [0.4, 0.5) is 21.6 Å². The molecule has 17 heavy (non-hydrogen) atoms. The number of benzene rings is 1. The predicted octanol–water partition coefficient (Wildman–Crippen LogP) is 3.51. The van der Waals surface area contributed by atoms with Gasteiger partial charge in [-0.1, -0.05) is 17.7 Å². The van der Waals surface area contributed by atoms with E-state index in [9.17, 15) is 4.39 Å². The first kappa shape index (κ1) is 11.7. The molecule has 1 heterocycles. The van der Waals surface area contributed by atoms with Crippen molar-refractivity contribution in [3.8, 4) is 0 Å². The fraction of sp³-hybridized carbons (Fsp3) is 0.0833. The quantitative estimate of drug-likeness (QED) is 0.859. The molecule has 0 radical (unpaired) electrons. The molecule has 0 atom stereocenters. The van der Waals surface area contributed by atoms with Crippen LogP contribution in [0.15, 0.2) is 30.5 Å². The zero-order valence-corrected chi connectivity index (χ0v) is 9.92. The third-order valence-electron chi connectivity index (χ3n) is 2.36.